The van der Waals surface area contributed by atoms with E-state index >= 15 is 0 Å². The van der Waals surface area contributed by atoms with Crippen molar-refractivity contribution in [3.8, 4) is 0 Å². The van der Waals surface area contributed by atoms with Gasteiger partial charge in [-0.05, 0) is 44.4 Å². The van der Waals surface area contributed by atoms with Gasteiger partial charge in [0.1, 0.15) is 0 Å². The van der Waals surface area contributed by atoms with Crippen LogP contribution < -0.4 is 4.72 Å². The molecule has 5 nitrogen and oxygen atoms in total. The average Bonchev–Trinajstić information content (AvgIpc) is 2.24. The minimum atomic E-state index is -3.76. The molecule has 2 N–H and O–H groups in total. The van der Waals surface area contributed by atoms with Crippen molar-refractivity contribution in [1.82, 2.24) is 4.72 Å². The maximum atomic E-state index is 12.4. The van der Waals surface area contributed by atoms with Crippen LogP contribution in [0.15, 0.2) is 23.1 Å². The van der Waals surface area contributed by atoms with Gasteiger partial charge < -0.3 is 5.11 Å². The highest BCUT2D eigenvalue weighted by atomic mass is 32.2. The lowest BCUT2D eigenvalue weighted by Gasteiger charge is -2.22. The van der Waals surface area contributed by atoms with Crippen LogP contribution in [-0.4, -0.2) is 25.0 Å². The minimum Gasteiger partial charge on any atom is -0.478 e. The van der Waals surface area contributed by atoms with E-state index in [2.05, 4.69) is 4.72 Å². The molecule has 0 saturated carbocycles. The van der Waals surface area contributed by atoms with Crippen LogP contribution in [-0.2, 0) is 10.0 Å². The van der Waals surface area contributed by atoms with E-state index in [4.69, 9.17) is 5.11 Å². The van der Waals surface area contributed by atoms with Gasteiger partial charge in [-0.2, -0.15) is 0 Å². The summed E-state index contributed by atoms with van der Waals surface area (Å²) in [5.74, 6) is -1.17. The number of benzene rings is 1. The predicted molar refractivity (Wildman–Crippen MR) is 77.6 cm³/mol. The van der Waals surface area contributed by atoms with Gasteiger partial charge in [-0.15, -0.1) is 0 Å². The Hall–Kier alpha value is -1.40. The largest absolute Gasteiger partial charge is 0.478 e. The van der Waals surface area contributed by atoms with Crippen molar-refractivity contribution in [2.24, 2.45) is 0 Å². The van der Waals surface area contributed by atoms with Crippen LogP contribution in [0.2, 0.25) is 0 Å². The highest BCUT2D eigenvalue weighted by Gasteiger charge is 2.26. The molecule has 0 aliphatic heterocycles. The van der Waals surface area contributed by atoms with E-state index in [1.54, 1.807) is 26.8 Å². The molecule has 0 aromatic heterocycles. The number of rotatable bonds is 4. The monoisotopic (exact) mass is 299 g/mol. The molecule has 0 fully saturated rings. The van der Waals surface area contributed by atoms with Crippen molar-refractivity contribution < 1.29 is 18.3 Å². The topological polar surface area (TPSA) is 83.5 Å². The molecule has 1 aromatic carbocycles. The molecule has 0 heterocycles. The van der Waals surface area contributed by atoms with Gasteiger partial charge in [0.05, 0.1) is 10.5 Å². The van der Waals surface area contributed by atoms with Crippen molar-refractivity contribution in [3.05, 3.63) is 29.3 Å². The molecule has 0 aliphatic rings. The first kappa shape index (κ1) is 16.7. The second-order valence-electron chi connectivity index (χ2n) is 6.07. The number of nitrogens with one attached hydrogen (secondary N) is 1. The van der Waals surface area contributed by atoms with Gasteiger partial charge in [0.2, 0.25) is 10.0 Å². The van der Waals surface area contributed by atoms with Crippen LogP contribution in [0, 0.1) is 0 Å². The first-order valence-corrected chi connectivity index (χ1v) is 7.83. The second kappa shape index (κ2) is 5.54. The molecule has 0 bridgehead atoms. The van der Waals surface area contributed by atoms with Crippen LogP contribution in [0.25, 0.3) is 0 Å². The van der Waals surface area contributed by atoms with Gasteiger partial charge >= 0.3 is 5.97 Å². The molecular weight excluding hydrogens is 278 g/mol. The van der Waals surface area contributed by atoms with Gasteiger partial charge in [0.25, 0.3) is 0 Å². The van der Waals surface area contributed by atoms with Crippen molar-refractivity contribution >= 4 is 16.0 Å². The molecule has 0 amide bonds. The Kier molecular flexibility index (Phi) is 4.61. The lowest BCUT2D eigenvalue weighted by molar-refractivity contribution is 0.0696. The molecule has 0 aliphatic carbocycles. The predicted octanol–water partition coefficient (Wildman–Crippen LogP) is 2.59. The Morgan fingerprint density at radius 3 is 2.20 bits per heavy atom. The van der Waals surface area contributed by atoms with E-state index in [-0.39, 0.29) is 16.4 Å². The number of hydrogen-bond acceptors (Lipinski definition) is 3. The number of hydrogen-bond donors (Lipinski definition) is 2. The van der Waals surface area contributed by atoms with Crippen molar-refractivity contribution in [2.45, 2.75) is 51.0 Å². The zero-order chi connectivity index (χ0) is 15.7. The maximum Gasteiger partial charge on any atom is 0.335 e. The fourth-order valence-corrected chi connectivity index (χ4v) is 3.65. The van der Waals surface area contributed by atoms with Crippen LogP contribution in [0.4, 0.5) is 0 Å². The van der Waals surface area contributed by atoms with Gasteiger partial charge in [-0.3, -0.25) is 0 Å². The molecule has 0 radical (unpaired) electrons. The first-order valence-electron chi connectivity index (χ1n) is 6.35. The summed E-state index contributed by atoms with van der Waals surface area (Å²) in [5.41, 5.74) is -0.0674. The number of carbonyl (C=O) groups is 1. The molecule has 1 rings (SSSR count). The fourth-order valence-electron chi connectivity index (χ4n) is 1.84. The van der Waals surface area contributed by atoms with Gasteiger partial charge in [-0.25, -0.2) is 17.9 Å². The molecular formula is C14H21NO4S. The van der Waals surface area contributed by atoms with Crippen LogP contribution in [0.3, 0.4) is 0 Å². The Labute approximate surface area is 120 Å². The van der Waals surface area contributed by atoms with Gasteiger partial charge in [-0.1, -0.05) is 19.9 Å². The summed E-state index contributed by atoms with van der Waals surface area (Å²) in [5, 5.41) is 9.02. The third-order valence-corrected chi connectivity index (χ3v) is 4.43. The Bertz CT molecular complexity index is 613. The number of aromatic carboxylic acids is 1. The summed E-state index contributed by atoms with van der Waals surface area (Å²) in [6.07, 6.45) is 0. The average molecular weight is 299 g/mol. The van der Waals surface area contributed by atoms with E-state index < -0.39 is 21.5 Å². The standard InChI is InChI=1S/C14H21NO4S/c1-9(2)11-7-6-10(13(16)17)8-12(11)20(18,19)15-14(3,4)5/h6-9,15H,1-5H3,(H,16,17). The smallest absolute Gasteiger partial charge is 0.335 e. The summed E-state index contributed by atoms with van der Waals surface area (Å²) in [4.78, 5) is 11.1. The molecule has 1 aromatic rings. The highest BCUT2D eigenvalue weighted by Crippen LogP contribution is 2.26. The summed E-state index contributed by atoms with van der Waals surface area (Å²) in [6.45, 7) is 8.94. The zero-order valence-electron chi connectivity index (χ0n) is 12.4. The minimum absolute atomic E-state index is 0.0237. The van der Waals surface area contributed by atoms with Crippen LogP contribution in [0.5, 0.6) is 0 Å². The van der Waals surface area contributed by atoms with E-state index in [1.807, 2.05) is 13.8 Å². The van der Waals surface area contributed by atoms with Crippen LogP contribution >= 0.6 is 0 Å². The molecule has 0 spiro atoms. The summed E-state index contributed by atoms with van der Waals surface area (Å²) in [6, 6.07) is 4.20. The Balaban J connectivity index is 3.47. The van der Waals surface area contributed by atoms with Gasteiger partial charge in [0, 0.05) is 5.54 Å². The first-order chi connectivity index (χ1) is 8.94. The number of carboxylic acids is 1. The lowest BCUT2D eigenvalue weighted by atomic mass is 10.0. The lowest BCUT2D eigenvalue weighted by Crippen LogP contribution is -2.40. The number of sulfonamides is 1. The van der Waals surface area contributed by atoms with Crippen molar-refractivity contribution in [2.75, 3.05) is 0 Å². The van der Waals surface area contributed by atoms with Gasteiger partial charge in [0.15, 0.2) is 0 Å². The van der Waals surface area contributed by atoms with Crippen molar-refractivity contribution in [1.29, 1.82) is 0 Å². The Morgan fingerprint density at radius 2 is 1.80 bits per heavy atom. The molecule has 0 atom stereocenters. The normalized spacial score (nSPS) is 12.7. The quantitative estimate of drug-likeness (QED) is 0.895. The third-order valence-electron chi connectivity index (χ3n) is 2.61. The molecule has 112 valence electrons. The number of carboxylic acid groups (broad SMARTS) is 1. The molecule has 0 unspecified atom stereocenters. The highest BCUT2D eigenvalue weighted by molar-refractivity contribution is 7.89. The summed E-state index contributed by atoms with van der Waals surface area (Å²) >= 11 is 0. The second-order valence-corrected chi connectivity index (χ2v) is 7.72. The van der Waals surface area contributed by atoms with Crippen molar-refractivity contribution in [3.63, 3.8) is 0 Å². The molecule has 20 heavy (non-hydrogen) atoms. The summed E-state index contributed by atoms with van der Waals surface area (Å²) < 4.78 is 27.4. The zero-order valence-corrected chi connectivity index (χ0v) is 13.2. The fraction of sp³-hybridized carbons (Fsp3) is 0.500. The SMILES string of the molecule is CC(C)c1ccc(C(=O)O)cc1S(=O)(=O)NC(C)(C)C. The maximum absolute atomic E-state index is 12.4. The Morgan fingerprint density at radius 1 is 1.25 bits per heavy atom. The van der Waals surface area contributed by atoms with E-state index in [0.717, 1.165) is 0 Å². The van der Waals surface area contributed by atoms with E-state index in [9.17, 15) is 13.2 Å². The third kappa shape index (κ3) is 4.05. The van der Waals surface area contributed by atoms with E-state index in [1.165, 1.54) is 12.1 Å². The molecule has 0 saturated heterocycles. The van der Waals surface area contributed by atoms with E-state index in [0.29, 0.717) is 5.56 Å². The van der Waals surface area contributed by atoms with Crippen LogP contribution in [0.1, 0.15) is 56.5 Å². The summed E-state index contributed by atoms with van der Waals surface area (Å²) in [7, 11) is -3.76. The molecule has 6 heteroatoms.